The number of para-hydroxylation sites is 1. The summed E-state index contributed by atoms with van der Waals surface area (Å²) in [5.74, 6) is 1.65. The van der Waals surface area contributed by atoms with E-state index in [0.29, 0.717) is 30.3 Å². The van der Waals surface area contributed by atoms with Gasteiger partial charge in [0.2, 0.25) is 0 Å². The summed E-state index contributed by atoms with van der Waals surface area (Å²) in [6.07, 6.45) is 9.40. The first-order chi connectivity index (χ1) is 16.8. The van der Waals surface area contributed by atoms with Crippen molar-refractivity contribution in [2.75, 3.05) is 6.61 Å². The van der Waals surface area contributed by atoms with Gasteiger partial charge in [0, 0.05) is 35.5 Å². The number of aromatic nitrogens is 1. The molecule has 186 valence electrons. The number of carbonyl (C=O) groups excluding carboxylic acids is 1. The number of benzene rings is 1. The molecular weight excluding hydrogens is 438 g/mol. The smallest absolute Gasteiger partial charge is 0.193 e. The molecule has 4 fully saturated rings. The summed E-state index contributed by atoms with van der Waals surface area (Å²) in [4.78, 5) is 16.8. The molecule has 2 aromatic rings. The van der Waals surface area contributed by atoms with Gasteiger partial charge in [0.15, 0.2) is 17.7 Å². The van der Waals surface area contributed by atoms with Gasteiger partial charge < -0.3 is 19.6 Å². The van der Waals surface area contributed by atoms with Gasteiger partial charge in [0.05, 0.1) is 0 Å². The van der Waals surface area contributed by atoms with Crippen LogP contribution in [-0.4, -0.2) is 40.0 Å². The molecule has 6 atom stereocenters. The van der Waals surface area contributed by atoms with Gasteiger partial charge in [0.25, 0.3) is 0 Å². The van der Waals surface area contributed by atoms with Crippen LogP contribution in [0, 0.1) is 23.2 Å². The molecule has 1 aromatic carbocycles. The second-order valence-electron chi connectivity index (χ2n) is 12.7. The molecule has 2 N–H and O–H groups in total. The van der Waals surface area contributed by atoms with Crippen LogP contribution in [0.4, 0.5) is 0 Å². The number of ketones is 1. The molecule has 5 nitrogen and oxygen atoms in total. The fourth-order valence-corrected chi connectivity index (χ4v) is 8.28. The summed E-state index contributed by atoms with van der Waals surface area (Å²) in [6, 6.07) is 8.74. The highest BCUT2D eigenvalue weighted by atomic mass is 16.8. The number of fused-ring (bicyclic) bond motifs is 9. The van der Waals surface area contributed by atoms with E-state index in [1.807, 2.05) is 19.9 Å². The highest BCUT2D eigenvalue weighted by Gasteiger charge is 2.66. The SMILES string of the molecule is CC1(C)OC23CCC4(C)C(CCC5Cc6c([nH]c7ccccc67)C54)C2=CC(=O)C1O3.OCC1CC1. The van der Waals surface area contributed by atoms with E-state index in [9.17, 15) is 4.79 Å². The highest BCUT2D eigenvalue weighted by molar-refractivity contribution is 5.97. The molecule has 8 rings (SSSR count). The second-order valence-corrected chi connectivity index (χ2v) is 12.7. The number of H-pyrrole nitrogens is 1. The van der Waals surface area contributed by atoms with Gasteiger partial charge in [-0.2, -0.15) is 0 Å². The molecule has 6 aliphatic rings. The molecule has 3 saturated carbocycles. The van der Waals surface area contributed by atoms with Crippen LogP contribution in [0.25, 0.3) is 10.9 Å². The van der Waals surface area contributed by atoms with Crippen LogP contribution in [0.3, 0.4) is 0 Å². The topological polar surface area (TPSA) is 71.6 Å². The molecule has 35 heavy (non-hydrogen) atoms. The van der Waals surface area contributed by atoms with Gasteiger partial charge in [-0.3, -0.25) is 4.79 Å². The van der Waals surface area contributed by atoms with E-state index >= 15 is 0 Å². The quantitative estimate of drug-likeness (QED) is 0.578. The van der Waals surface area contributed by atoms with Crippen LogP contribution in [0.5, 0.6) is 0 Å². The first-order valence-corrected chi connectivity index (χ1v) is 13.6. The number of hydrogen-bond donors (Lipinski definition) is 2. The summed E-state index contributed by atoms with van der Waals surface area (Å²) in [5, 5.41) is 9.60. The van der Waals surface area contributed by atoms with Crippen LogP contribution in [0.1, 0.15) is 76.5 Å². The predicted octanol–water partition coefficient (Wildman–Crippen LogP) is 5.42. The van der Waals surface area contributed by atoms with Crippen molar-refractivity contribution in [1.29, 1.82) is 0 Å². The third-order valence-corrected chi connectivity index (χ3v) is 10.1. The van der Waals surface area contributed by atoms with Gasteiger partial charge in [-0.05, 0) is 98.8 Å². The number of aromatic amines is 1. The van der Waals surface area contributed by atoms with Gasteiger partial charge in [0.1, 0.15) is 5.60 Å². The Balaban J connectivity index is 0.000000378. The standard InChI is InChI=1S/C26H29NO3.C4H8O/c1-24(2)23-20(28)13-18-17-9-8-14-12-16-15-6-4-5-7-19(15)27-22(16)21(14)25(17,3)10-11-26(18,29-23)30-24;5-3-4-1-2-4/h4-7,13-14,17,21,23,27H,8-12H2,1-3H3;4-5H,1-3H2. The van der Waals surface area contributed by atoms with Gasteiger partial charge >= 0.3 is 0 Å². The van der Waals surface area contributed by atoms with Gasteiger partial charge in [-0.1, -0.05) is 25.1 Å². The maximum atomic E-state index is 13.0. The Kier molecular flexibility index (Phi) is 4.64. The van der Waals surface area contributed by atoms with Crippen molar-refractivity contribution in [3.63, 3.8) is 0 Å². The minimum absolute atomic E-state index is 0.0900. The zero-order chi connectivity index (χ0) is 24.2. The number of aliphatic hydroxyl groups is 1. The van der Waals surface area contributed by atoms with Crippen LogP contribution in [0.15, 0.2) is 35.9 Å². The fourth-order valence-electron chi connectivity index (χ4n) is 8.28. The molecule has 0 radical (unpaired) electrons. The Bertz CT molecular complexity index is 1240. The number of hydrogen-bond acceptors (Lipinski definition) is 4. The van der Waals surface area contributed by atoms with Crippen molar-refractivity contribution in [2.45, 2.75) is 89.1 Å². The molecule has 1 saturated heterocycles. The number of aliphatic hydroxyl groups excluding tert-OH is 1. The lowest BCUT2D eigenvalue weighted by molar-refractivity contribution is -0.199. The van der Waals surface area contributed by atoms with E-state index < -0.39 is 17.5 Å². The van der Waals surface area contributed by atoms with E-state index in [1.54, 1.807) is 0 Å². The molecular formula is C30H37NO4. The molecule has 1 spiro atoms. The minimum atomic E-state index is -0.680. The lowest BCUT2D eigenvalue weighted by Gasteiger charge is -2.57. The maximum Gasteiger partial charge on any atom is 0.193 e. The average molecular weight is 476 g/mol. The second kappa shape index (κ2) is 7.30. The van der Waals surface area contributed by atoms with Crippen molar-refractivity contribution in [3.8, 4) is 0 Å². The Hall–Kier alpha value is -1.95. The van der Waals surface area contributed by atoms with E-state index in [-0.39, 0.29) is 11.2 Å². The number of ether oxygens (including phenoxy) is 2. The van der Waals surface area contributed by atoms with Crippen molar-refractivity contribution < 1.29 is 19.4 Å². The van der Waals surface area contributed by atoms with E-state index in [0.717, 1.165) is 24.8 Å². The van der Waals surface area contributed by atoms with Crippen LogP contribution in [0.2, 0.25) is 0 Å². The van der Waals surface area contributed by atoms with Crippen LogP contribution >= 0.6 is 0 Å². The summed E-state index contributed by atoms with van der Waals surface area (Å²) >= 11 is 0. The van der Waals surface area contributed by atoms with Gasteiger partial charge in [-0.25, -0.2) is 0 Å². The average Bonchev–Trinajstić information content (AvgIpc) is 3.44. The Labute approximate surface area is 207 Å². The molecule has 0 amide bonds. The van der Waals surface area contributed by atoms with Crippen LogP contribution < -0.4 is 0 Å². The number of rotatable bonds is 1. The van der Waals surface area contributed by atoms with Crippen molar-refractivity contribution in [1.82, 2.24) is 4.98 Å². The van der Waals surface area contributed by atoms with E-state index in [1.165, 1.54) is 47.8 Å². The zero-order valence-corrected chi connectivity index (χ0v) is 21.1. The molecule has 2 aliphatic heterocycles. The minimum Gasteiger partial charge on any atom is -0.396 e. The number of nitrogens with one attached hydrogen (secondary N) is 1. The first-order valence-electron chi connectivity index (χ1n) is 13.6. The lowest BCUT2D eigenvalue weighted by atomic mass is 9.50. The predicted molar refractivity (Wildman–Crippen MR) is 134 cm³/mol. The van der Waals surface area contributed by atoms with Crippen molar-refractivity contribution >= 4 is 16.7 Å². The van der Waals surface area contributed by atoms with E-state index in [2.05, 4.69) is 36.2 Å². The summed E-state index contributed by atoms with van der Waals surface area (Å²) in [6.45, 7) is 6.89. The third kappa shape index (κ3) is 3.07. The number of carbonyl (C=O) groups is 1. The maximum absolute atomic E-state index is 13.0. The monoisotopic (exact) mass is 475 g/mol. The first kappa shape index (κ1) is 22.3. The van der Waals surface area contributed by atoms with Crippen molar-refractivity contribution in [2.24, 2.45) is 23.2 Å². The lowest BCUT2D eigenvalue weighted by Crippen LogP contribution is -2.54. The fraction of sp³-hybridized carbons (Fsp3) is 0.633. The molecule has 2 bridgehead atoms. The molecule has 5 heteroatoms. The van der Waals surface area contributed by atoms with Crippen LogP contribution in [-0.2, 0) is 20.7 Å². The molecule has 3 heterocycles. The Morgan fingerprint density at radius 1 is 1.09 bits per heavy atom. The van der Waals surface area contributed by atoms with E-state index in [4.69, 9.17) is 14.6 Å². The molecule has 4 aliphatic carbocycles. The molecule has 6 unspecified atom stereocenters. The largest absolute Gasteiger partial charge is 0.396 e. The summed E-state index contributed by atoms with van der Waals surface area (Å²) < 4.78 is 12.9. The Morgan fingerprint density at radius 3 is 2.63 bits per heavy atom. The summed E-state index contributed by atoms with van der Waals surface area (Å²) in [5.41, 5.74) is 4.95. The zero-order valence-electron chi connectivity index (χ0n) is 21.1. The third-order valence-electron chi connectivity index (χ3n) is 10.1. The highest BCUT2D eigenvalue weighted by Crippen LogP contribution is 2.68. The van der Waals surface area contributed by atoms with Gasteiger partial charge in [-0.15, -0.1) is 0 Å². The normalized spacial score (nSPS) is 40.2. The molecule has 1 aromatic heterocycles. The Morgan fingerprint density at radius 2 is 1.89 bits per heavy atom. The summed E-state index contributed by atoms with van der Waals surface area (Å²) in [7, 11) is 0. The van der Waals surface area contributed by atoms with Crippen molar-refractivity contribution in [3.05, 3.63) is 47.2 Å².